The monoisotopic (exact) mass is 154 g/mol. The van der Waals surface area contributed by atoms with Crippen molar-refractivity contribution in [2.75, 3.05) is 0 Å². The Hall–Kier alpha value is -0.760. The van der Waals surface area contributed by atoms with Crippen molar-refractivity contribution in [1.82, 2.24) is 0 Å². The van der Waals surface area contributed by atoms with Crippen LogP contribution in [0.5, 0.6) is 0 Å². The lowest BCUT2D eigenvalue weighted by molar-refractivity contribution is -0.143. The van der Waals surface area contributed by atoms with Gasteiger partial charge in [-0.25, -0.2) is 0 Å². The molecule has 11 heavy (non-hydrogen) atoms. The summed E-state index contributed by atoms with van der Waals surface area (Å²) in [5, 5.41) is 0. The lowest BCUT2D eigenvalue weighted by atomic mass is 10.2. The molecular formula is C9H14O2. The summed E-state index contributed by atoms with van der Waals surface area (Å²) in [5.74, 6) is 0. The molecule has 0 spiro atoms. The van der Waals surface area contributed by atoms with E-state index in [1.807, 2.05) is 39.0 Å². The lowest BCUT2D eigenvalue weighted by Gasteiger charge is -2.25. The minimum Gasteiger partial charge on any atom is -0.469 e. The molecule has 1 rings (SSSR count). The minimum atomic E-state index is -0.222. The summed E-state index contributed by atoms with van der Waals surface area (Å²) in [6.45, 7) is 6.01. The maximum absolute atomic E-state index is 5.52. The molecule has 2 nitrogen and oxygen atoms in total. The van der Waals surface area contributed by atoms with E-state index in [9.17, 15) is 0 Å². The van der Waals surface area contributed by atoms with Crippen LogP contribution in [0.3, 0.4) is 0 Å². The largest absolute Gasteiger partial charge is 0.469 e. The van der Waals surface area contributed by atoms with E-state index in [2.05, 4.69) is 0 Å². The third-order valence-corrected chi connectivity index (χ3v) is 1.14. The summed E-state index contributed by atoms with van der Waals surface area (Å²) in [5.41, 5.74) is -0.153. The number of hydrogen-bond donors (Lipinski definition) is 0. The maximum atomic E-state index is 5.52. The molecular weight excluding hydrogens is 140 g/mol. The van der Waals surface area contributed by atoms with Gasteiger partial charge < -0.3 is 9.47 Å². The van der Waals surface area contributed by atoms with Gasteiger partial charge in [0.15, 0.2) is 0 Å². The molecule has 1 aliphatic rings. The predicted octanol–water partition coefficient (Wildman–Crippen LogP) is 2.23. The van der Waals surface area contributed by atoms with E-state index < -0.39 is 0 Å². The van der Waals surface area contributed by atoms with Crippen LogP contribution in [0.4, 0.5) is 0 Å². The van der Waals surface area contributed by atoms with Gasteiger partial charge in [-0.15, -0.1) is 0 Å². The Bertz CT molecular complexity index is 174. The lowest BCUT2D eigenvalue weighted by Crippen LogP contribution is -2.27. The quantitative estimate of drug-likeness (QED) is 0.576. The highest BCUT2D eigenvalue weighted by atomic mass is 16.7. The molecule has 1 unspecified atom stereocenters. The summed E-state index contributed by atoms with van der Waals surface area (Å²) in [6, 6.07) is 0. The first-order valence-electron chi connectivity index (χ1n) is 3.74. The van der Waals surface area contributed by atoms with Gasteiger partial charge in [0, 0.05) is 0 Å². The summed E-state index contributed by atoms with van der Waals surface area (Å²) >= 11 is 0. The van der Waals surface area contributed by atoms with Gasteiger partial charge in [0.2, 0.25) is 6.29 Å². The van der Waals surface area contributed by atoms with Crippen molar-refractivity contribution in [2.24, 2.45) is 0 Å². The summed E-state index contributed by atoms with van der Waals surface area (Å²) in [4.78, 5) is 0. The van der Waals surface area contributed by atoms with Crippen molar-refractivity contribution in [3.63, 3.8) is 0 Å². The van der Waals surface area contributed by atoms with Crippen molar-refractivity contribution < 1.29 is 9.47 Å². The van der Waals surface area contributed by atoms with E-state index in [-0.39, 0.29) is 11.9 Å². The molecule has 0 saturated heterocycles. The van der Waals surface area contributed by atoms with Gasteiger partial charge in [0.25, 0.3) is 0 Å². The first kappa shape index (κ1) is 8.34. The first-order valence-corrected chi connectivity index (χ1v) is 3.74. The predicted molar refractivity (Wildman–Crippen MR) is 44.0 cm³/mol. The zero-order valence-corrected chi connectivity index (χ0v) is 7.20. The van der Waals surface area contributed by atoms with E-state index >= 15 is 0 Å². The van der Waals surface area contributed by atoms with E-state index in [1.54, 1.807) is 6.26 Å². The van der Waals surface area contributed by atoms with Gasteiger partial charge in [-0.05, 0) is 32.9 Å². The molecule has 62 valence electrons. The second kappa shape index (κ2) is 3.09. The Morgan fingerprint density at radius 2 is 2.00 bits per heavy atom. The highest BCUT2D eigenvalue weighted by molar-refractivity contribution is 5.05. The zero-order chi connectivity index (χ0) is 8.32. The molecule has 0 aromatic heterocycles. The van der Waals surface area contributed by atoms with Crippen LogP contribution in [-0.4, -0.2) is 11.9 Å². The fourth-order valence-electron chi connectivity index (χ4n) is 0.784. The van der Waals surface area contributed by atoms with Crippen LogP contribution < -0.4 is 0 Å². The SMILES string of the molecule is CC(C)(C)OC1C=CC=CO1. The van der Waals surface area contributed by atoms with Crippen LogP contribution in [0.2, 0.25) is 0 Å². The van der Waals surface area contributed by atoms with Crippen molar-refractivity contribution in [3.8, 4) is 0 Å². The van der Waals surface area contributed by atoms with Gasteiger partial charge in [-0.1, -0.05) is 6.08 Å². The molecule has 0 aromatic rings. The van der Waals surface area contributed by atoms with E-state index in [0.717, 1.165) is 0 Å². The molecule has 0 N–H and O–H groups in total. The molecule has 1 heterocycles. The van der Waals surface area contributed by atoms with Gasteiger partial charge in [0.05, 0.1) is 11.9 Å². The summed E-state index contributed by atoms with van der Waals surface area (Å²) in [7, 11) is 0. The average molecular weight is 154 g/mol. The Morgan fingerprint density at radius 1 is 1.27 bits per heavy atom. The van der Waals surface area contributed by atoms with Crippen molar-refractivity contribution >= 4 is 0 Å². The topological polar surface area (TPSA) is 18.5 Å². The Kier molecular flexibility index (Phi) is 2.35. The number of ether oxygens (including phenoxy) is 2. The van der Waals surface area contributed by atoms with Crippen molar-refractivity contribution in [1.29, 1.82) is 0 Å². The molecule has 0 aliphatic carbocycles. The van der Waals surface area contributed by atoms with Crippen molar-refractivity contribution in [2.45, 2.75) is 32.7 Å². The third kappa shape index (κ3) is 3.23. The van der Waals surface area contributed by atoms with E-state index in [1.165, 1.54) is 0 Å². The van der Waals surface area contributed by atoms with Crippen LogP contribution in [0.1, 0.15) is 20.8 Å². The minimum absolute atomic E-state index is 0.153. The highest BCUT2D eigenvalue weighted by Crippen LogP contribution is 2.14. The second-order valence-electron chi connectivity index (χ2n) is 3.45. The molecule has 0 saturated carbocycles. The maximum Gasteiger partial charge on any atom is 0.219 e. The third-order valence-electron chi connectivity index (χ3n) is 1.14. The number of allylic oxidation sites excluding steroid dienone is 2. The smallest absolute Gasteiger partial charge is 0.219 e. The van der Waals surface area contributed by atoms with Crippen LogP contribution in [0.15, 0.2) is 24.5 Å². The molecule has 0 amide bonds. The molecule has 0 fully saturated rings. The van der Waals surface area contributed by atoms with Gasteiger partial charge in [-0.2, -0.15) is 0 Å². The first-order chi connectivity index (χ1) is 5.08. The summed E-state index contributed by atoms with van der Waals surface area (Å²) < 4.78 is 10.7. The Morgan fingerprint density at radius 3 is 2.45 bits per heavy atom. The van der Waals surface area contributed by atoms with E-state index in [4.69, 9.17) is 9.47 Å². The van der Waals surface area contributed by atoms with Gasteiger partial charge >= 0.3 is 0 Å². The van der Waals surface area contributed by atoms with Crippen LogP contribution in [0.25, 0.3) is 0 Å². The van der Waals surface area contributed by atoms with Crippen LogP contribution >= 0.6 is 0 Å². The molecule has 1 aliphatic heterocycles. The molecule has 0 radical (unpaired) electrons. The molecule has 0 aromatic carbocycles. The number of hydrogen-bond acceptors (Lipinski definition) is 2. The fourth-order valence-corrected chi connectivity index (χ4v) is 0.784. The molecule has 1 atom stereocenters. The standard InChI is InChI=1S/C9H14O2/c1-9(2,3)11-8-6-4-5-7-10-8/h4-8H,1-3H3. The highest BCUT2D eigenvalue weighted by Gasteiger charge is 2.17. The number of rotatable bonds is 1. The van der Waals surface area contributed by atoms with E-state index in [0.29, 0.717) is 0 Å². The van der Waals surface area contributed by atoms with Crippen LogP contribution in [0, 0.1) is 0 Å². The Balaban J connectivity index is 2.39. The average Bonchev–Trinajstić information content (AvgIpc) is 1.85. The molecule has 0 bridgehead atoms. The van der Waals surface area contributed by atoms with Gasteiger partial charge in [-0.3, -0.25) is 0 Å². The summed E-state index contributed by atoms with van der Waals surface area (Å²) in [6.07, 6.45) is 7.05. The zero-order valence-electron chi connectivity index (χ0n) is 7.20. The van der Waals surface area contributed by atoms with Crippen molar-refractivity contribution in [3.05, 3.63) is 24.5 Å². The molecule has 2 heteroatoms. The fraction of sp³-hybridized carbons (Fsp3) is 0.556. The Labute approximate surface area is 67.5 Å². The van der Waals surface area contributed by atoms with Crippen LogP contribution in [-0.2, 0) is 9.47 Å². The second-order valence-corrected chi connectivity index (χ2v) is 3.45. The normalized spacial score (nSPS) is 23.4. The van der Waals surface area contributed by atoms with Gasteiger partial charge in [0.1, 0.15) is 0 Å².